The van der Waals surface area contributed by atoms with Crippen LogP contribution in [-0.2, 0) is 20.9 Å². The minimum Gasteiger partial charge on any atom is -0.451 e. The minimum absolute atomic E-state index is 0.363. The molecule has 0 bridgehead atoms. The first-order valence-electron chi connectivity index (χ1n) is 8.42. The Morgan fingerprint density at radius 2 is 2.04 bits per heavy atom. The van der Waals surface area contributed by atoms with Crippen LogP contribution >= 0.6 is 0 Å². The summed E-state index contributed by atoms with van der Waals surface area (Å²) in [4.78, 5) is 40.9. The average molecular weight is 376 g/mol. The fourth-order valence-electron chi connectivity index (χ4n) is 2.56. The molecule has 0 aliphatic heterocycles. The molecule has 2 aromatic carbocycles. The van der Waals surface area contributed by atoms with Crippen LogP contribution < -0.4 is 10.9 Å². The van der Waals surface area contributed by atoms with Gasteiger partial charge in [-0.3, -0.25) is 19.0 Å². The highest BCUT2D eigenvalue weighted by Gasteiger charge is 2.19. The van der Waals surface area contributed by atoms with Crippen molar-refractivity contribution in [2.45, 2.75) is 19.6 Å². The number of ether oxygens (including phenoxy) is 1. The standard InChI is InChI=1S/C20H16N4O4/c1-13(19(26)23-15-6-4-5-14(9-15)10-21)28-18(25)11-24-12-22-17-8-3-2-7-16(17)20(24)27/h2-9,12-13H,11H2,1H3,(H,23,26). The number of para-hydroxylation sites is 1. The molecule has 1 amide bonds. The number of aromatic nitrogens is 2. The van der Waals surface area contributed by atoms with Crippen molar-refractivity contribution in [1.29, 1.82) is 5.26 Å². The molecule has 140 valence electrons. The molecule has 3 rings (SSSR count). The fraction of sp³-hybridized carbons (Fsp3) is 0.150. The Morgan fingerprint density at radius 1 is 1.25 bits per heavy atom. The van der Waals surface area contributed by atoms with Gasteiger partial charge in [-0.05, 0) is 37.3 Å². The second-order valence-corrected chi connectivity index (χ2v) is 6.01. The maximum absolute atomic E-state index is 12.4. The number of hydrogen-bond acceptors (Lipinski definition) is 6. The number of anilines is 1. The van der Waals surface area contributed by atoms with Gasteiger partial charge in [0.2, 0.25) is 0 Å². The predicted molar refractivity (Wildman–Crippen MR) is 101 cm³/mol. The van der Waals surface area contributed by atoms with Crippen LogP contribution in [0.15, 0.2) is 59.7 Å². The Balaban J connectivity index is 1.64. The minimum atomic E-state index is -1.08. The lowest BCUT2D eigenvalue weighted by molar-refractivity contribution is -0.153. The van der Waals surface area contributed by atoms with E-state index in [1.165, 1.54) is 19.3 Å². The summed E-state index contributed by atoms with van der Waals surface area (Å²) in [5.41, 5.74) is 0.977. The molecule has 1 heterocycles. The first-order chi connectivity index (χ1) is 13.5. The first kappa shape index (κ1) is 18.8. The van der Waals surface area contributed by atoms with Crippen molar-refractivity contribution in [2.24, 2.45) is 0 Å². The van der Waals surface area contributed by atoms with Gasteiger partial charge >= 0.3 is 5.97 Å². The van der Waals surface area contributed by atoms with E-state index < -0.39 is 18.0 Å². The highest BCUT2D eigenvalue weighted by molar-refractivity contribution is 5.95. The Morgan fingerprint density at radius 3 is 2.82 bits per heavy atom. The second kappa shape index (κ2) is 8.14. The van der Waals surface area contributed by atoms with Gasteiger partial charge in [0.1, 0.15) is 6.54 Å². The summed E-state index contributed by atoms with van der Waals surface area (Å²) in [6.07, 6.45) is 0.187. The molecular formula is C20H16N4O4. The third kappa shape index (κ3) is 4.22. The normalized spacial score (nSPS) is 11.4. The summed E-state index contributed by atoms with van der Waals surface area (Å²) in [6, 6.07) is 15.1. The maximum atomic E-state index is 12.4. The summed E-state index contributed by atoms with van der Waals surface area (Å²) < 4.78 is 6.24. The van der Waals surface area contributed by atoms with Gasteiger partial charge in [0.05, 0.1) is 28.9 Å². The van der Waals surface area contributed by atoms with Crippen LogP contribution in [0.5, 0.6) is 0 Å². The maximum Gasteiger partial charge on any atom is 0.326 e. The number of fused-ring (bicyclic) bond motifs is 1. The third-order valence-electron chi connectivity index (χ3n) is 3.97. The van der Waals surface area contributed by atoms with Gasteiger partial charge in [0.25, 0.3) is 11.5 Å². The zero-order chi connectivity index (χ0) is 20.1. The molecule has 0 saturated carbocycles. The fourth-order valence-corrected chi connectivity index (χ4v) is 2.56. The summed E-state index contributed by atoms with van der Waals surface area (Å²) in [5, 5.41) is 11.9. The third-order valence-corrected chi connectivity index (χ3v) is 3.97. The van der Waals surface area contributed by atoms with E-state index in [0.717, 1.165) is 4.57 Å². The van der Waals surface area contributed by atoms with Crippen molar-refractivity contribution >= 4 is 28.5 Å². The van der Waals surface area contributed by atoms with Gasteiger partial charge in [0.15, 0.2) is 6.10 Å². The number of amides is 1. The lowest BCUT2D eigenvalue weighted by Gasteiger charge is -2.14. The van der Waals surface area contributed by atoms with Crippen LogP contribution in [0.1, 0.15) is 12.5 Å². The molecule has 1 atom stereocenters. The largest absolute Gasteiger partial charge is 0.451 e. The monoisotopic (exact) mass is 376 g/mol. The Kier molecular flexibility index (Phi) is 5.46. The summed E-state index contributed by atoms with van der Waals surface area (Å²) in [5.74, 6) is -1.29. The molecular weight excluding hydrogens is 360 g/mol. The molecule has 8 nitrogen and oxygen atoms in total. The summed E-state index contributed by atoms with van der Waals surface area (Å²) in [6.45, 7) is 1.06. The Bertz CT molecular complexity index is 1150. The molecule has 0 saturated heterocycles. The number of nitrogens with zero attached hydrogens (tertiary/aromatic N) is 3. The van der Waals surface area contributed by atoms with E-state index in [2.05, 4.69) is 10.3 Å². The van der Waals surface area contributed by atoms with Gasteiger partial charge in [0, 0.05) is 5.69 Å². The van der Waals surface area contributed by atoms with Gasteiger partial charge in [-0.25, -0.2) is 4.98 Å². The highest BCUT2D eigenvalue weighted by Crippen LogP contribution is 2.11. The molecule has 0 spiro atoms. The number of rotatable bonds is 5. The molecule has 28 heavy (non-hydrogen) atoms. The van der Waals surface area contributed by atoms with Crippen LogP contribution in [-0.4, -0.2) is 27.5 Å². The number of hydrogen-bond donors (Lipinski definition) is 1. The molecule has 1 N–H and O–H groups in total. The predicted octanol–water partition coefficient (Wildman–Crippen LogP) is 1.84. The van der Waals surface area contributed by atoms with Crippen LogP contribution in [0.2, 0.25) is 0 Å². The SMILES string of the molecule is CC(OC(=O)Cn1cnc2ccccc2c1=O)C(=O)Nc1cccc(C#N)c1. The molecule has 8 heteroatoms. The van der Waals surface area contributed by atoms with E-state index in [4.69, 9.17) is 10.00 Å². The number of carbonyl (C=O) groups excluding carboxylic acids is 2. The van der Waals surface area contributed by atoms with E-state index in [1.807, 2.05) is 6.07 Å². The van der Waals surface area contributed by atoms with E-state index in [0.29, 0.717) is 22.2 Å². The van der Waals surface area contributed by atoms with E-state index in [-0.39, 0.29) is 12.1 Å². The van der Waals surface area contributed by atoms with Gasteiger partial charge in [-0.15, -0.1) is 0 Å². The van der Waals surface area contributed by atoms with Crippen molar-refractivity contribution < 1.29 is 14.3 Å². The molecule has 0 radical (unpaired) electrons. The van der Waals surface area contributed by atoms with Crippen molar-refractivity contribution in [2.75, 3.05) is 5.32 Å². The van der Waals surface area contributed by atoms with Crippen LogP contribution in [0.25, 0.3) is 10.9 Å². The number of benzene rings is 2. The zero-order valence-corrected chi connectivity index (χ0v) is 15.0. The van der Waals surface area contributed by atoms with E-state index in [9.17, 15) is 14.4 Å². The lowest BCUT2D eigenvalue weighted by atomic mass is 10.2. The lowest BCUT2D eigenvalue weighted by Crippen LogP contribution is -2.33. The van der Waals surface area contributed by atoms with Crippen LogP contribution in [0, 0.1) is 11.3 Å². The Labute approximate surface area is 160 Å². The van der Waals surface area contributed by atoms with Crippen LogP contribution in [0.3, 0.4) is 0 Å². The van der Waals surface area contributed by atoms with E-state index >= 15 is 0 Å². The molecule has 1 unspecified atom stereocenters. The molecule has 3 aromatic rings. The quantitative estimate of drug-likeness (QED) is 0.680. The molecule has 1 aromatic heterocycles. The van der Waals surface area contributed by atoms with Crippen molar-refractivity contribution in [1.82, 2.24) is 9.55 Å². The Hall–Kier alpha value is -3.99. The summed E-state index contributed by atoms with van der Waals surface area (Å²) >= 11 is 0. The number of carbonyl (C=O) groups is 2. The first-order valence-corrected chi connectivity index (χ1v) is 8.42. The number of nitrogens with one attached hydrogen (secondary N) is 1. The van der Waals surface area contributed by atoms with Gasteiger partial charge in [-0.2, -0.15) is 5.26 Å². The topological polar surface area (TPSA) is 114 Å². The molecule has 0 aliphatic rings. The summed E-state index contributed by atoms with van der Waals surface area (Å²) in [7, 11) is 0. The van der Waals surface area contributed by atoms with E-state index in [1.54, 1.807) is 42.5 Å². The van der Waals surface area contributed by atoms with Gasteiger partial charge < -0.3 is 10.1 Å². The number of nitriles is 1. The molecule has 0 aliphatic carbocycles. The smallest absolute Gasteiger partial charge is 0.326 e. The zero-order valence-electron chi connectivity index (χ0n) is 15.0. The van der Waals surface area contributed by atoms with Crippen molar-refractivity contribution in [3.8, 4) is 6.07 Å². The number of esters is 1. The van der Waals surface area contributed by atoms with Gasteiger partial charge in [-0.1, -0.05) is 18.2 Å². The molecule has 0 fully saturated rings. The average Bonchev–Trinajstić information content (AvgIpc) is 2.70. The highest BCUT2D eigenvalue weighted by atomic mass is 16.5. The van der Waals surface area contributed by atoms with Crippen molar-refractivity contribution in [3.63, 3.8) is 0 Å². The van der Waals surface area contributed by atoms with Crippen molar-refractivity contribution in [3.05, 3.63) is 70.8 Å². The second-order valence-electron chi connectivity index (χ2n) is 6.01. The van der Waals surface area contributed by atoms with Crippen LogP contribution in [0.4, 0.5) is 5.69 Å².